The van der Waals surface area contributed by atoms with Crippen molar-refractivity contribution in [2.75, 3.05) is 5.32 Å². The fourth-order valence-corrected chi connectivity index (χ4v) is 2.30. The highest BCUT2D eigenvalue weighted by molar-refractivity contribution is 6.30. The van der Waals surface area contributed by atoms with Gasteiger partial charge in [-0.3, -0.25) is 4.79 Å². The molecule has 0 fully saturated rings. The summed E-state index contributed by atoms with van der Waals surface area (Å²) in [7, 11) is 0. The number of halogens is 1. The normalized spacial score (nSPS) is 10.3. The third kappa shape index (κ3) is 3.73. The summed E-state index contributed by atoms with van der Waals surface area (Å²) in [6, 6.07) is 16.1. The van der Waals surface area contributed by atoms with Crippen molar-refractivity contribution >= 4 is 23.2 Å². The van der Waals surface area contributed by atoms with Crippen LogP contribution < -0.4 is 5.32 Å². The first-order valence-electron chi connectivity index (χ1n) is 7.09. The Kier molecular flexibility index (Phi) is 4.35. The molecule has 2 aromatic carbocycles. The van der Waals surface area contributed by atoms with Gasteiger partial charge in [-0.1, -0.05) is 23.7 Å². The first-order valence-corrected chi connectivity index (χ1v) is 7.46. The number of amides is 1. The van der Waals surface area contributed by atoms with E-state index < -0.39 is 0 Å². The summed E-state index contributed by atoms with van der Waals surface area (Å²) < 4.78 is 0. The number of carbonyl (C=O) groups is 1. The Balaban J connectivity index is 1.82. The third-order valence-electron chi connectivity index (χ3n) is 3.30. The van der Waals surface area contributed by atoms with Gasteiger partial charge in [-0.2, -0.15) is 0 Å². The summed E-state index contributed by atoms with van der Waals surface area (Å²) in [6.07, 6.45) is 1.72. The zero-order valence-electron chi connectivity index (χ0n) is 12.5. The first-order chi connectivity index (χ1) is 11.1. The van der Waals surface area contributed by atoms with Gasteiger partial charge in [-0.05, 0) is 49.4 Å². The van der Waals surface area contributed by atoms with Gasteiger partial charge in [0.05, 0.1) is 5.69 Å². The molecule has 3 rings (SSSR count). The predicted molar refractivity (Wildman–Crippen MR) is 91.6 cm³/mol. The number of rotatable bonds is 3. The van der Waals surface area contributed by atoms with Crippen LogP contribution in [0.15, 0.2) is 60.8 Å². The van der Waals surface area contributed by atoms with E-state index in [2.05, 4.69) is 15.3 Å². The smallest absolute Gasteiger partial charge is 0.255 e. The lowest BCUT2D eigenvalue weighted by Crippen LogP contribution is -2.11. The Morgan fingerprint density at radius 3 is 2.61 bits per heavy atom. The number of hydrogen-bond acceptors (Lipinski definition) is 3. The molecule has 4 nitrogen and oxygen atoms in total. The van der Waals surface area contributed by atoms with E-state index in [9.17, 15) is 4.79 Å². The van der Waals surface area contributed by atoms with Gasteiger partial charge in [-0.15, -0.1) is 0 Å². The van der Waals surface area contributed by atoms with Gasteiger partial charge in [0.1, 0.15) is 5.82 Å². The number of nitrogens with zero attached hydrogens (tertiary/aromatic N) is 2. The van der Waals surface area contributed by atoms with Crippen LogP contribution in [0.4, 0.5) is 5.69 Å². The van der Waals surface area contributed by atoms with Crippen LogP contribution in [-0.2, 0) is 0 Å². The van der Waals surface area contributed by atoms with Gasteiger partial charge in [0.15, 0.2) is 0 Å². The fourth-order valence-electron chi connectivity index (χ4n) is 2.18. The van der Waals surface area contributed by atoms with Crippen LogP contribution in [0.25, 0.3) is 11.3 Å². The number of hydrogen-bond donors (Lipinski definition) is 1. The van der Waals surface area contributed by atoms with Gasteiger partial charge < -0.3 is 5.32 Å². The molecule has 1 N–H and O–H groups in total. The molecule has 0 bridgehead atoms. The highest BCUT2D eigenvalue weighted by Crippen LogP contribution is 2.21. The molecular formula is C18H14ClN3O. The molecule has 114 valence electrons. The number of benzene rings is 2. The maximum Gasteiger partial charge on any atom is 0.255 e. The topological polar surface area (TPSA) is 54.9 Å². The molecule has 23 heavy (non-hydrogen) atoms. The van der Waals surface area contributed by atoms with Gasteiger partial charge in [0.25, 0.3) is 5.91 Å². The molecule has 0 atom stereocenters. The minimum absolute atomic E-state index is 0.183. The minimum atomic E-state index is -0.183. The summed E-state index contributed by atoms with van der Waals surface area (Å²) in [4.78, 5) is 20.7. The van der Waals surface area contributed by atoms with Crippen molar-refractivity contribution in [1.29, 1.82) is 0 Å². The quantitative estimate of drug-likeness (QED) is 0.779. The summed E-state index contributed by atoms with van der Waals surface area (Å²) in [5, 5.41) is 3.48. The standard InChI is InChI=1S/C18H14ClN3O/c1-12-20-10-9-17(21-12)14-3-2-4-16(11-14)22-18(23)13-5-7-15(19)8-6-13/h2-11H,1H3,(H,22,23). The minimum Gasteiger partial charge on any atom is -0.322 e. The molecule has 1 amide bonds. The van der Waals surface area contributed by atoms with Crippen LogP contribution in [0.3, 0.4) is 0 Å². The highest BCUT2D eigenvalue weighted by Gasteiger charge is 2.07. The van der Waals surface area contributed by atoms with E-state index in [4.69, 9.17) is 11.6 Å². The lowest BCUT2D eigenvalue weighted by molar-refractivity contribution is 0.102. The molecule has 0 saturated heterocycles. The van der Waals surface area contributed by atoms with Crippen LogP contribution in [0.2, 0.25) is 5.02 Å². The van der Waals surface area contributed by atoms with Crippen LogP contribution in [0.1, 0.15) is 16.2 Å². The lowest BCUT2D eigenvalue weighted by Gasteiger charge is -2.08. The molecule has 0 radical (unpaired) electrons. The zero-order valence-corrected chi connectivity index (χ0v) is 13.2. The van der Waals surface area contributed by atoms with Crippen molar-refractivity contribution in [3.63, 3.8) is 0 Å². The Labute approximate surface area is 139 Å². The van der Waals surface area contributed by atoms with Crippen molar-refractivity contribution in [2.45, 2.75) is 6.92 Å². The van der Waals surface area contributed by atoms with Crippen molar-refractivity contribution < 1.29 is 4.79 Å². The van der Waals surface area contributed by atoms with Gasteiger partial charge in [0.2, 0.25) is 0 Å². The largest absolute Gasteiger partial charge is 0.322 e. The first kappa shape index (κ1) is 15.2. The Hall–Kier alpha value is -2.72. The SMILES string of the molecule is Cc1nccc(-c2cccc(NC(=O)c3ccc(Cl)cc3)c2)n1. The molecule has 0 aliphatic carbocycles. The predicted octanol–water partition coefficient (Wildman–Crippen LogP) is 4.36. The molecular weight excluding hydrogens is 310 g/mol. The summed E-state index contributed by atoms with van der Waals surface area (Å²) in [6.45, 7) is 1.84. The number of aryl methyl sites for hydroxylation is 1. The molecule has 0 aliphatic heterocycles. The lowest BCUT2D eigenvalue weighted by atomic mass is 10.1. The van der Waals surface area contributed by atoms with E-state index in [1.54, 1.807) is 30.5 Å². The zero-order chi connectivity index (χ0) is 16.2. The van der Waals surface area contributed by atoms with Crippen molar-refractivity contribution in [3.05, 3.63) is 77.2 Å². The summed E-state index contributed by atoms with van der Waals surface area (Å²) >= 11 is 5.83. The monoisotopic (exact) mass is 323 g/mol. The van der Waals surface area contributed by atoms with E-state index in [1.165, 1.54) is 0 Å². The molecule has 0 unspecified atom stereocenters. The molecule has 0 saturated carbocycles. The molecule has 5 heteroatoms. The molecule has 1 aromatic heterocycles. The van der Waals surface area contributed by atoms with E-state index >= 15 is 0 Å². The Bertz CT molecular complexity index is 847. The molecule has 1 heterocycles. The maximum absolute atomic E-state index is 12.2. The van der Waals surface area contributed by atoms with Crippen LogP contribution >= 0.6 is 11.6 Å². The van der Waals surface area contributed by atoms with E-state index in [0.29, 0.717) is 22.1 Å². The van der Waals surface area contributed by atoms with Crippen LogP contribution in [-0.4, -0.2) is 15.9 Å². The number of nitrogens with one attached hydrogen (secondary N) is 1. The van der Waals surface area contributed by atoms with E-state index in [0.717, 1.165) is 11.3 Å². The Morgan fingerprint density at radius 2 is 1.87 bits per heavy atom. The average molecular weight is 324 g/mol. The van der Waals surface area contributed by atoms with Crippen molar-refractivity contribution in [2.24, 2.45) is 0 Å². The second-order valence-electron chi connectivity index (χ2n) is 5.03. The van der Waals surface area contributed by atoms with E-state index in [1.807, 2.05) is 37.3 Å². The second kappa shape index (κ2) is 6.58. The maximum atomic E-state index is 12.2. The van der Waals surface area contributed by atoms with Gasteiger partial charge >= 0.3 is 0 Å². The van der Waals surface area contributed by atoms with Crippen LogP contribution in [0.5, 0.6) is 0 Å². The second-order valence-corrected chi connectivity index (χ2v) is 5.47. The van der Waals surface area contributed by atoms with Gasteiger partial charge in [-0.25, -0.2) is 9.97 Å². The van der Waals surface area contributed by atoms with Gasteiger partial charge in [0, 0.05) is 28.0 Å². The Morgan fingerprint density at radius 1 is 1.09 bits per heavy atom. The average Bonchev–Trinajstić information content (AvgIpc) is 2.56. The van der Waals surface area contributed by atoms with E-state index in [-0.39, 0.29) is 5.91 Å². The fraction of sp³-hybridized carbons (Fsp3) is 0.0556. The molecule has 0 spiro atoms. The summed E-state index contributed by atoms with van der Waals surface area (Å²) in [5.41, 5.74) is 3.00. The molecule has 0 aliphatic rings. The number of aromatic nitrogens is 2. The third-order valence-corrected chi connectivity index (χ3v) is 3.55. The highest BCUT2D eigenvalue weighted by atomic mass is 35.5. The number of carbonyl (C=O) groups excluding carboxylic acids is 1. The molecule has 3 aromatic rings. The summed E-state index contributed by atoms with van der Waals surface area (Å²) in [5.74, 6) is 0.524. The van der Waals surface area contributed by atoms with Crippen molar-refractivity contribution in [3.8, 4) is 11.3 Å². The van der Waals surface area contributed by atoms with Crippen molar-refractivity contribution in [1.82, 2.24) is 9.97 Å². The number of anilines is 1. The van der Waals surface area contributed by atoms with Crippen LogP contribution in [0, 0.1) is 6.92 Å².